The second-order valence-electron chi connectivity index (χ2n) is 7.17. The summed E-state index contributed by atoms with van der Waals surface area (Å²) in [7, 11) is 2.99. The third kappa shape index (κ3) is 3.23. The molecule has 4 rings (SSSR count). The minimum atomic E-state index is -1.31. The summed E-state index contributed by atoms with van der Waals surface area (Å²) >= 11 is 3.11. The molecule has 1 aromatic heterocycles. The number of fused-ring (bicyclic) bond motifs is 1. The van der Waals surface area contributed by atoms with E-state index in [2.05, 4.69) is 15.9 Å². The highest BCUT2D eigenvalue weighted by atomic mass is 79.9. The number of ether oxygens (including phenoxy) is 1. The smallest absolute Gasteiger partial charge is 0.330 e. The van der Waals surface area contributed by atoms with Crippen molar-refractivity contribution in [2.45, 2.75) is 19.0 Å². The average Bonchev–Trinajstić information content (AvgIpc) is 2.99. The zero-order chi connectivity index (χ0) is 21.6. The number of likely N-dealkylation sites (tertiary alicyclic amines) is 1. The molecule has 3 aromatic rings. The average molecular weight is 476 g/mol. The number of methoxy groups -OCH3 is 1. The van der Waals surface area contributed by atoms with E-state index in [0.717, 1.165) is 14.7 Å². The lowest BCUT2D eigenvalue weighted by molar-refractivity contribution is -0.145. The Morgan fingerprint density at radius 1 is 1.13 bits per heavy atom. The standard InChI is InChI=1S/C21H19BrFN3O4/c1-24-18-15(8-7-14(22)17(18)23)26(21(24)29)19-16(27)9-10-25(20(19)28)11-12-3-5-13(30-2)6-4-12/h3-8,19H,9-11H2,1-2H3. The molecule has 0 radical (unpaired) electrons. The van der Waals surface area contributed by atoms with Crippen LogP contribution >= 0.6 is 15.9 Å². The molecule has 0 saturated carbocycles. The number of aromatic nitrogens is 2. The van der Waals surface area contributed by atoms with Crippen molar-refractivity contribution < 1.29 is 18.7 Å². The van der Waals surface area contributed by atoms with E-state index in [1.165, 1.54) is 19.2 Å². The molecule has 1 atom stereocenters. The van der Waals surface area contributed by atoms with E-state index < -0.39 is 23.5 Å². The van der Waals surface area contributed by atoms with Crippen LogP contribution < -0.4 is 10.4 Å². The zero-order valence-corrected chi connectivity index (χ0v) is 18.0. The van der Waals surface area contributed by atoms with Crippen LogP contribution in [-0.4, -0.2) is 39.4 Å². The number of amides is 1. The Morgan fingerprint density at radius 2 is 1.83 bits per heavy atom. The Hall–Kier alpha value is -2.94. The molecular formula is C21H19BrFN3O4. The van der Waals surface area contributed by atoms with Crippen molar-refractivity contribution in [2.24, 2.45) is 7.05 Å². The predicted molar refractivity (Wildman–Crippen MR) is 112 cm³/mol. The van der Waals surface area contributed by atoms with Gasteiger partial charge in [0.2, 0.25) is 0 Å². The molecular weight excluding hydrogens is 457 g/mol. The molecule has 0 bridgehead atoms. The molecule has 9 heteroatoms. The van der Waals surface area contributed by atoms with Gasteiger partial charge in [-0.3, -0.25) is 18.7 Å². The van der Waals surface area contributed by atoms with Gasteiger partial charge in [0, 0.05) is 26.6 Å². The number of halogens is 2. The Labute approximate surface area is 179 Å². The summed E-state index contributed by atoms with van der Waals surface area (Å²) in [5.74, 6) is -0.743. The fourth-order valence-electron chi connectivity index (χ4n) is 3.82. The topological polar surface area (TPSA) is 73.5 Å². The number of hydrogen-bond acceptors (Lipinski definition) is 4. The maximum absolute atomic E-state index is 14.6. The van der Waals surface area contributed by atoms with Crippen LogP contribution in [0.25, 0.3) is 11.0 Å². The third-order valence-corrected chi connectivity index (χ3v) is 6.02. The summed E-state index contributed by atoms with van der Waals surface area (Å²) in [6.07, 6.45) is 0.119. The number of Topliss-reactive ketones (excluding diaryl/α,β-unsaturated/α-hetero) is 1. The molecule has 2 aromatic carbocycles. The number of rotatable bonds is 4. The Bertz CT molecular complexity index is 1220. The normalized spacial score (nSPS) is 17.1. The number of hydrogen-bond donors (Lipinski definition) is 0. The first-order chi connectivity index (χ1) is 14.3. The fraction of sp³-hybridized carbons (Fsp3) is 0.286. The van der Waals surface area contributed by atoms with E-state index >= 15 is 0 Å². The van der Waals surface area contributed by atoms with Crippen LogP contribution in [0.3, 0.4) is 0 Å². The molecule has 30 heavy (non-hydrogen) atoms. The Balaban J connectivity index is 1.74. The molecule has 156 valence electrons. The van der Waals surface area contributed by atoms with Crippen LogP contribution in [0.4, 0.5) is 4.39 Å². The van der Waals surface area contributed by atoms with Gasteiger partial charge in [-0.1, -0.05) is 12.1 Å². The van der Waals surface area contributed by atoms with Crippen molar-refractivity contribution in [3.8, 4) is 5.75 Å². The van der Waals surface area contributed by atoms with Gasteiger partial charge in [-0.25, -0.2) is 9.18 Å². The largest absolute Gasteiger partial charge is 0.497 e. The van der Waals surface area contributed by atoms with E-state index in [-0.39, 0.29) is 34.3 Å². The van der Waals surface area contributed by atoms with E-state index in [0.29, 0.717) is 12.3 Å². The number of carbonyl (C=O) groups is 2. The SMILES string of the molecule is COc1ccc(CN2CCC(=O)C(n3c(=O)n(C)c4c(F)c(Br)ccc43)C2=O)cc1. The second kappa shape index (κ2) is 7.71. The quantitative estimate of drug-likeness (QED) is 0.543. The third-order valence-electron chi connectivity index (χ3n) is 5.41. The highest BCUT2D eigenvalue weighted by Crippen LogP contribution is 2.29. The second-order valence-corrected chi connectivity index (χ2v) is 8.02. The summed E-state index contributed by atoms with van der Waals surface area (Å²) in [5.41, 5.74) is 0.515. The molecule has 7 nitrogen and oxygen atoms in total. The van der Waals surface area contributed by atoms with E-state index in [9.17, 15) is 18.8 Å². The van der Waals surface area contributed by atoms with Crippen LogP contribution in [0.5, 0.6) is 5.75 Å². The van der Waals surface area contributed by atoms with Gasteiger partial charge in [0.05, 0.1) is 17.1 Å². The molecule has 1 aliphatic heterocycles. The van der Waals surface area contributed by atoms with Gasteiger partial charge >= 0.3 is 5.69 Å². The van der Waals surface area contributed by atoms with Crippen LogP contribution in [0, 0.1) is 5.82 Å². The number of imidazole rings is 1. The number of aryl methyl sites for hydroxylation is 1. The molecule has 0 N–H and O–H groups in total. The summed E-state index contributed by atoms with van der Waals surface area (Å²) in [5, 5.41) is 0. The molecule has 1 unspecified atom stereocenters. The minimum Gasteiger partial charge on any atom is -0.497 e. The van der Waals surface area contributed by atoms with Gasteiger partial charge in [-0.15, -0.1) is 0 Å². The van der Waals surface area contributed by atoms with Gasteiger partial charge in [0.25, 0.3) is 5.91 Å². The number of carbonyl (C=O) groups excluding carboxylic acids is 2. The van der Waals surface area contributed by atoms with Crippen LogP contribution in [0.15, 0.2) is 45.7 Å². The van der Waals surface area contributed by atoms with Crippen LogP contribution in [0.2, 0.25) is 0 Å². The van der Waals surface area contributed by atoms with Crippen molar-refractivity contribution in [1.29, 1.82) is 0 Å². The lowest BCUT2D eigenvalue weighted by Gasteiger charge is -2.32. The van der Waals surface area contributed by atoms with Crippen LogP contribution in [0.1, 0.15) is 18.0 Å². The molecule has 2 heterocycles. The summed E-state index contributed by atoms with van der Waals surface area (Å²) in [6.45, 7) is 0.561. The predicted octanol–water partition coefficient (Wildman–Crippen LogP) is 2.79. The molecule has 0 spiro atoms. The fourth-order valence-corrected chi connectivity index (χ4v) is 4.14. The maximum atomic E-state index is 14.6. The van der Waals surface area contributed by atoms with Gasteiger partial charge in [-0.05, 0) is 45.8 Å². The van der Waals surface area contributed by atoms with Gasteiger partial charge in [-0.2, -0.15) is 0 Å². The van der Waals surface area contributed by atoms with Gasteiger partial charge in [0.1, 0.15) is 11.3 Å². The minimum absolute atomic E-state index is 0.0438. The highest BCUT2D eigenvalue weighted by molar-refractivity contribution is 9.10. The Kier molecular flexibility index (Phi) is 5.23. The van der Waals surface area contributed by atoms with E-state index in [1.807, 2.05) is 12.1 Å². The number of nitrogens with zero attached hydrogens (tertiary/aromatic N) is 3. The first kappa shape index (κ1) is 20.3. The number of benzene rings is 2. The van der Waals surface area contributed by atoms with Crippen molar-refractivity contribution in [3.63, 3.8) is 0 Å². The first-order valence-electron chi connectivity index (χ1n) is 9.33. The van der Waals surface area contributed by atoms with Crippen LogP contribution in [-0.2, 0) is 23.2 Å². The summed E-state index contributed by atoms with van der Waals surface area (Å²) in [6, 6.07) is 8.95. The number of ketones is 1. The zero-order valence-electron chi connectivity index (χ0n) is 16.4. The van der Waals surface area contributed by atoms with Crippen molar-refractivity contribution >= 4 is 38.7 Å². The molecule has 1 saturated heterocycles. The molecule has 1 fully saturated rings. The summed E-state index contributed by atoms with van der Waals surface area (Å²) < 4.78 is 22.2. The van der Waals surface area contributed by atoms with E-state index in [1.54, 1.807) is 24.1 Å². The maximum Gasteiger partial charge on any atom is 0.330 e. The van der Waals surface area contributed by atoms with Crippen molar-refractivity contribution in [2.75, 3.05) is 13.7 Å². The lowest BCUT2D eigenvalue weighted by Crippen LogP contribution is -2.48. The van der Waals surface area contributed by atoms with Crippen molar-refractivity contribution in [1.82, 2.24) is 14.0 Å². The number of piperidine rings is 1. The van der Waals surface area contributed by atoms with E-state index in [4.69, 9.17) is 4.74 Å². The molecule has 1 amide bonds. The van der Waals surface area contributed by atoms with Crippen molar-refractivity contribution in [3.05, 3.63) is 62.7 Å². The monoisotopic (exact) mass is 475 g/mol. The first-order valence-corrected chi connectivity index (χ1v) is 10.1. The summed E-state index contributed by atoms with van der Waals surface area (Å²) in [4.78, 5) is 40.4. The Morgan fingerprint density at radius 3 is 2.50 bits per heavy atom. The van der Waals surface area contributed by atoms with Gasteiger partial charge in [0.15, 0.2) is 17.6 Å². The van der Waals surface area contributed by atoms with Gasteiger partial charge < -0.3 is 9.64 Å². The molecule has 1 aliphatic rings. The molecule has 0 aliphatic carbocycles. The lowest BCUT2D eigenvalue weighted by atomic mass is 10.0. The highest BCUT2D eigenvalue weighted by Gasteiger charge is 2.39.